The molecule has 0 aliphatic carbocycles. The molecule has 178 valence electrons. The molecule has 5 heterocycles. The molecule has 0 bridgehead atoms. The number of nitrogens with one attached hydrogen (secondary N) is 1. The predicted molar refractivity (Wildman–Crippen MR) is 124 cm³/mol. The Kier molecular flexibility index (Phi) is 5.93. The maximum Gasteiger partial charge on any atom is 0.168 e. The number of rotatable bonds is 6. The monoisotopic (exact) mass is 466 g/mol. The van der Waals surface area contributed by atoms with Crippen LogP contribution in [0.2, 0.25) is 0 Å². The summed E-state index contributed by atoms with van der Waals surface area (Å²) in [5.41, 5.74) is 5.03. The second-order valence-corrected chi connectivity index (χ2v) is 8.42. The molecule has 4 aromatic heterocycles. The molecular formula is C24H27FN6O3. The van der Waals surface area contributed by atoms with E-state index < -0.39 is 18.0 Å². The minimum absolute atomic E-state index is 0.413. The highest BCUT2D eigenvalue weighted by molar-refractivity contribution is 5.75. The highest BCUT2D eigenvalue weighted by atomic mass is 19.1. The van der Waals surface area contributed by atoms with Gasteiger partial charge in [0.25, 0.3) is 0 Å². The van der Waals surface area contributed by atoms with Gasteiger partial charge < -0.3 is 19.9 Å². The molecule has 34 heavy (non-hydrogen) atoms. The van der Waals surface area contributed by atoms with Crippen molar-refractivity contribution < 1.29 is 19.0 Å². The number of nitrogens with zero attached hydrogens (tertiary/aromatic N) is 5. The fourth-order valence-electron chi connectivity index (χ4n) is 4.40. The molecule has 0 fully saturated rings. The van der Waals surface area contributed by atoms with Gasteiger partial charge in [-0.2, -0.15) is 10.2 Å². The van der Waals surface area contributed by atoms with E-state index in [4.69, 9.17) is 14.6 Å². The maximum absolute atomic E-state index is 13.4. The standard InChI is InChI=1S/C24H27FN6O3/c1-14-19-6-7-26-8-9-30(19)29-22(14)16-10-20(23-21(33-3)12-28-31(23)13-16)34-24(15(2)32)18-5-4-17(25)11-27-18/h4-5,10-13,15,24,26,32H,6-9H2,1-3H3/t15-,24?/m0/s1. The summed E-state index contributed by atoms with van der Waals surface area (Å²) < 4.78 is 29.0. The van der Waals surface area contributed by atoms with Crippen molar-refractivity contribution in [1.29, 1.82) is 0 Å². The van der Waals surface area contributed by atoms with Crippen LogP contribution in [0.25, 0.3) is 16.8 Å². The van der Waals surface area contributed by atoms with Crippen LogP contribution in [0.15, 0.2) is 36.8 Å². The van der Waals surface area contributed by atoms with E-state index in [-0.39, 0.29) is 0 Å². The number of fused-ring (bicyclic) bond motifs is 2. The van der Waals surface area contributed by atoms with Crippen LogP contribution >= 0.6 is 0 Å². The van der Waals surface area contributed by atoms with Crippen molar-refractivity contribution in [2.75, 3.05) is 20.2 Å². The normalized spacial score (nSPS) is 15.6. The largest absolute Gasteiger partial charge is 0.493 e. The molecule has 0 saturated carbocycles. The van der Waals surface area contributed by atoms with Gasteiger partial charge in [0.05, 0.1) is 43.5 Å². The zero-order valence-electron chi connectivity index (χ0n) is 19.3. The number of aliphatic hydroxyl groups is 1. The van der Waals surface area contributed by atoms with Crippen LogP contribution in [0.3, 0.4) is 0 Å². The van der Waals surface area contributed by atoms with Gasteiger partial charge >= 0.3 is 0 Å². The smallest absolute Gasteiger partial charge is 0.168 e. The van der Waals surface area contributed by atoms with Crippen LogP contribution in [0.4, 0.5) is 4.39 Å². The Morgan fingerprint density at radius 1 is 1.21 bits per heavy atom. The molecule has 0 radical (unpaired) electrons. The van der Waals surface area contributed by atoms with Gasteiger partial charge in [-0.3, -0.25) is 9.67 Å². The van der Waals surface area contributed by atoms with Crippen molar-refractivity contribution in [3.8, 4) is 22.8 Å². The van der Waals surface area contributed by atoms with E-state index in [0.717, 1.165) is 49.1 Å². The lowest BCUT2D eigenvalue weighted by molar-refractivity contribution is 0.0460. The minimum atomic E-state index is -0.909. The predicted octanol–water partition coefficient (Wildman–Crippen LogP) is 2.70. The van der Waals surface area contributed by atoms with Crippen molar-refractivity contribution in [3.63, 3.8) is 0 Å². The van der Waals surface area contributed by atoms with Gasteiger partial charge in [0.15, 0.2) is 23.1 Å². The number of methoxy groups -OCH3 is 1. The molecule has 5 rings (SSSR count). The van der Waals surface area contributed by atoms with E-state index in [1.54, 1.807) is 24.7 Å². The van der Waals surface area contributed by atoms with Crippen molar-refractivity contribution in [2.24, 2.45) is 0 Å². The Hall–Kier alpha value is -3.50. The second-order valence-electron chi connectivity index (χ2n) is 8.42. The van der Waals surface area contributed by atoms with Crippen LogP contribution in [-0.4, -0.2) is 55.8 Å². The van der Waals surface area contributed by atoms with Crippen molar-refractivity contribution in [2.45, 2.75) is 39.0 Å². The Labute approximate surface area is 196 Å². The molecule has 0 saturated heterocycles. The van der Waals surface area contributed by atoms with Gasteiger partial charge in [-0.05, 0) is 37.6 Å². The molecule has 2 atom stereocenters. The van der Waals surface area contributed by atoms with Crippen LogP contribution in [0, 0.1) is 12.7 Å². The molecule has 10 heteroatoms. The third-order valence-corrected chi connectivity index (χ3v) is 6.13. The average Bonchev–Trinajstić information content (AvgIpc) is 3.29. The Bertz CT molecular complexity index is 1310. The summed E-state index contributed by atoms with van der Waals surface area (Å²) in [6.45, 7) is 6.27. The molecule has 0 amide bonds. The number of hydrogen-bond acceptors (Lipinski definition) is 7. The quantitative estimate of drug-likeness (QED) is 0.451. The van der Waals surface area contributed by atoms with Gasteiger partial charge in [-0.1, -0.05) is 0 Å². The SMILES string of the molecule is COc1cnn2cc(-c3nn4c(c3C)CCNCC4)cc(OC(c3ccc(F)cn3)[C@H](C)O)c12. The molecular weight excluding hydrogens is 439 g/mol. The number of hydrogen-bond donors (Lipinski definition) is 2. The summed E-state index contributed by atoms with van der Waals surface area (Å²) >= 11 is 0. The van der Waals surface area contributed by atoms with Gasteiger partial charge in [-0.25, -0.2) is 8.91 Å². The fraction of sp³-hybridized carbons (Fsp3) is 0.375. The summed E-state index contributed by atoms with van der Waals surface area (Å²) in [5, 5.41) is 23.2. The molecule has 2 N–H and O–H groups in total. The zero-order chi connectivity index (χ0) is 23.8. The third-order valence-electron chi connectivity index (χ3n) is 6.13. The van der Waals surface area contributed by atoms with Crippen LogP contribution in [0.5, 0.6) is 11.5 Å². The fourth-order valence-corrected chi connectivity index (χ4v) is 4.40. The molecule has 1 aliphatic heterocycles. The van der Waals surface area contributed by atoms with Crippen molar-refractivity contribution in [1.82, 2.24) is 29.7 Å². The van der Waals surface area contributed by atoms with Crippen LogP contribution in [0.1, 0.15) is 30.0 Å². The van der Waals surface area contributed by atoms with Crippen LogP contribution in [-0.2, 0) is 13.0 Å². The first kappa shape index (κ1) is 22.3. The van der Waals surface area contributed by atoms with E-state index in [1.165, 1.54) is 17.8 Å². The first-order valence-corrected chi connectivity index (χ1v) is 11.2. The molecule has 4 aromatic rings. The second kappa shape index (κ2) is 9.03. The van der Waals surface area contributed by atoms with E-state index >= 15 is 0 Å². The number of halogens is 1. The minimum Gasteiger partial charge on any atom is -0.493 e. The topological polar surface area (TPSA) is 98.7 Å². The zero-order valence-corrected chi connectivity index (χ0v) is 19.3. The van der Waals surface area contributed by atoms with Crippen molar-refractivity contribution >= 4 is 5.52 Å². The van der Waals surface area contributed by atoms with E-state index in [0.29, 0.717) is 22.7 Å². The summed E-state index contributed by atoms with van der Waals surface area (Å²) in [5.74, 6) is 0.523. The molecule has 0 aromatic carbocycles. The van der Waals surface area contributed by atoms with Gasteiger partial charge in [0, 0.05) is 37.0 Å². The van der Waals surface area contributed by atoms with Crippen LogP contribution < -0.4 is 14.8 Å². The van der Waals surface area contributed by atoms with E-state index in [2.05, 4.69) is 27.0 Å². The lowest BCUT2D eigenvalue weighted by Gasteiger charge is -2.22. The van der Waals surface area contributed by atoms with E-state index in [1.807, 2.05) is 12.3 Å². The van der Waals surface area contributed by atoms with E-state index in [9.17, 15) is 9.50 Å². The number of ether oxygens (including phenoxy) is 2. The Balaban J connectivity index is 1.62. The lowest BCUT2D eigenvalue weighted by Crippen LogP contribution is -2.22. The highest BCUT2D eigenvalue weighted by Gasteiger charge is 2.25. The van der Waals surface area contributed by atoms with Crippen molar-refractivity contribution in [3.05, 3.63) is 59.6 Å². The lowest BCUT2D eigenvalue weighted by atomic mass is 10.1. The first-order chi connectivity index (χ1) is 16.5. The Morgan fingerprint density at radius 2 is 2.06 bits per heavy atom. The summed E-state index contributed by atoms with van der Waals surface area (Å²) in [4.78, 5) is 4.12. The first-order valence-electron chi connectivity index (χ1n) is 11.2. The molecule has 1 aliphatic rings. The average molecular weight is 467 g/mol. The molecule has 1 unspecified atom stereocenters. The highest BCUT2D eigenvalue weighted by Crippen LogP contribution is 2.37. The maximum atomic E-state index is 13.4. The molecule has 9 nitrogen and oxygen atoms in total. The third kappa shape index (κ3) is 3.99. The number of aliphatic hydroxyl groups excluding tert-OH is 1. The summed E-state index contributed by atoms with van der Waals surface area (Å²) in [7, 11) is 1.56. The van der Waals surface area contributed by atoms with Gasteiger partial charge in [0.1, 0.15) is 5.82 Å². The number of pyridine rings is 2. The summed E-state index contributed by atoms with van der Waals surface area (Å²) in [6, 6.07) is 4.68. The van der Waals surface area contributed by atoms with Gasteiger partial charge in [-0.15, -0.1) is 0 Å². The number of aromatic nitrogens is 5. The molecule has 0 spiro atoms. The summed E-state index contributed by atoms with van der Waals surface area (Å²) in [6.07, 6.45) is 3.78. The Morgan fingerprint density at radius 3 is 2.79 bits per heavy atom. The van der Waals surface area contributed by atoms with Gasteiger partial charge in [0.2, 0.25) is 0 Å².